The Morgan fingerprint density at radius 2 is 1.89 bits per heavy atom. The molecule has 0 aliphatic carbocycles. The number of thiol groups is 1. The van der Waals surface area contributed by atoms with Crippen molar-refractivity contribution >= 4 is 63.8 Å². The molecule has 0 aliphatic rings. The maximum atomic E-state index is 5.41. The third kappa shape index (κ3) is 9.31. The average molecular weight is 224 g/mol. The minimum atomic E-state index is -1.19. The van der Waals surface area contributed by atoms with Crippen molar-refractivity contribution in [3.8, 4) is 0 Å². The van der Waals surface area contributed by atoms with Crippen molar-refractivity contribution in [2.45, 2.75) is 16.6 Å². The molecule has 0 aliphatic heterocycles. The molecule has 0 bridgehead atoms. The fourth-order valence-electron chi connectivity index (χ4n) is 0.249. The lowest BCUT2D eigenvalue weighted by molar-refractivity contribution is 0.919. The Hall–Kier alpha value is 1.31. The molecule has 0 radical (unpaired) electrons. The Morgan fingerprint density at radius 3 is 2.00 bits per heavy atom. The quantitative estimate of drug-likeness (QED) is 0.425. The highest BCUT2D eigenvalue weighted by Crippen LogP contribution is 2.31. The van der Waals surface area contributed by atoms with Crippen LogP contribution in [-0.4, -0.2) is 7.99 Å². The molecule has 54 valence electrons. The second-order valence-corrected chi connectivity index (χ2v) is 5.36. The topological polar surface area (TPSA) is 0 Å². The Balaban J connectivity index is 3.39. The normalized spacial score (nSPS) is 11.6. The summed E-state index contributed by atoms with van der Waals surface area (Å²) in [5, 5.41) is 0. The summed E-state index contributed by atoms with van der Waals surface area (Å²) in [6.45, 7) is 0. The zero-order valence-electron chi connectivity index (χ0n) is 4.40. The largest absolute Gasteiger partial charge is 0.191 e. The van der Waals surface area contributed by atoms with E-state index >= 15 is 0 Å². The van der Waals surface area contributed by atoms with E-state index in [1.807, 2.05) is 0 Å². The summed E-state index contributed by atoms with van der Waals surface area (Å²) in [6.07, 6.45) is 0.995. The lowest BCUT2D eigenvalue weighted by Gasteiger charge is -2.07. The third-order valence-electron chi connectivity index (χ3n) is 0.622. The summed E-state index contributed by atoms with van der Waals surface area (Å²) in [4.78, 5) is 0. The van der Waals surface area contributed by atoms with Crippen molar-refractivity contribution < 1.29 is 0 Å². The first-order valence-corrected chi connectivity index (χ1v) is 4.19. The Kier molecular flexibility index (Phi) is 4.86. The molecule has 0 nitrogen and oxygen atoms in total. The van der Waals surface area contributed by atoms with Gasteiger partial charge in [0.1, 0.15) is 0 Å². The molecule has 0 atom stereocenters. The molecule has 0 fully saturated rings. The van der Waals surface area contributed by atoms with Gasteiger partial charge in [0.25, 0.3) is 0 Å². The first kappa shape index (κ1) is 10.3. The number of hydrogen-bond acceptors (Lipinski definition) is 1. The summed E-state index contributed by atoms with van der Waals surface area (Å²) in [7, 11) is 0. The van der Waals surface area contributed by atoms with Crippen LogP contribution < -0.4 is 0 Å². The molecular formula is C4H5Cl3S2. The second kappa shape index (κ2) is 4.24. The van der Waals surface area contributed by atoms with Gasteiger partial charge in [0.2, 0.25) is 0 Å². The van der Waals surface area contributed by atoms with E-state index in [4.69, 9.17) is 34.8 Å². The predicted octanol–water partition coefficient (Wildman–Crippen LogP) is 3.39. The molecule has 0 aromatic carbocycles. The number of alkyl halides is 3. The van der Waals surface area contributed by atoms with Crippen LogP contribution in [0.4, 0.5) is 0 Å². The van der Waals surface area contributed by atoms with Gasteiger partial charge in [0, 0.05) is 4.20 Å². The van der Waals surface area contributed by atoms with Crippen LogP contribution in [-0.2, 0) is 0 Å². The van der Waals surface area contributed by atoms with E-state index in [1.165, 1.54) is 0 Å². The van der Waals surface area contributed by atoms with Crippen molar-refractivity contribution in [3.63, 3.8) is 0 Å². The maximum absolute atomic E-state index is 5.41. The van der Waals surface area contributed by atoms with Crippen molar-refractivity contribution in [2.75, 3.05) is 0 Å². The fourth-order valence-corrected chi connectivity index (χ4v) is 0.746. The molecule has 0 N–H and O–H groups in total. The van der Waals surface area contributed by atoms with Crippen LogP contribution in [0.3, 0.4) is 0 Å². The van der Waals surface area contributed by atoms with E-state index in [9.17, 15) is 0 Å². The predicted molar refractivity (Wildman–Crippen MR) is 51.1 cm³/mol. The lowest BCUT2D eigenvalue weighted by atomic mass is 10.4. The minimum Gasteiger partial charge on any atom is -0.136 e. The standard InChI is InChI=1S/C4H5Cl3S2/c5-4(6,7)2-1-3(8)9/h1-2H2,(H,8,9). The van der Waals surface area contributed by atoms with Crippen LogP contribution in [0.1, 0.15) is 12.8 Å². The molecule has 0 saturated carbocycles. The summed E-state index contributed by atoms with van der Waals surface area (Å²) >= 11 is 24.8. The van der Waals surface area contributed by atoms with Gasteiger partial charge >= 0.3 is 0 Å². The van der Waals surface area contributed by atoms with Crippen LogP contribution in [0.2, 0.25) is 0 Å². The van der Waals surface area contributed by atoms with Gasteiger partial charge in [0.15, 0.2) is 3.79 Å². The minimum absolute atomic E-state index is 0.431. The number of halogens is 3. The van der Waals surface area contributed by atoms with Gasteiger partial charge < -0.3 is 0 Å². The summed E-state index contributed by atoms with van der Waals surface area (Å²) < 4.78 is -0.617. The summed E-state index contributed by atoms with van der Waals surface area (Å²) in [5.74, 6) is 0. The molecular weight excluding hydrogens is 219 g/mol. The highest BCUT2D eigenvalue weighted by molar-refractivity contribution is 8.11. The van der Waals surface area contributed by atoms with Crippen LogP contribution in [0.15, 0.2) is 0 Å². The van der Waals surface area contributed by atoms with Crippen LogP contribution >= 0.6 is 59.6 Å². The molecule has 0 rings (SSSR count). The van der Waals surface area contributed by atoms with Crippen LogP contribution in [0.25, 0.3) is 0 Å². The zero-order chi connectivity index (χ0) is 7.49. The molecule has 0 spiro atoms. The van der Waals surface area contributed by atoms with Crippen molar-refractivity contribution in [2.24, 2.45) is 0 Å². The van der Waals surface area contributed by atoms with Crippen LogP contribution in [0.5, 0.6) is 0 Å². The van der Waals surface area contributed by atoms with Crippen molar-refractivity contribution in [3.05, 3.63) is 0 Å². The van der Waals surface area contributed by atoms with Crippen molar-refractivity contribution in [1.29, 1.82) is 0 Å². The Labute approximate surface area is 80.3 Å². The first-order chi connectivity index (χ1) is 3.92. The molecule has 0 heterocycles. The van der Waals surface area contributed by atoms with Gasteiger partial charge in [0.05, 0.1) is 0 Å². The zero-order valence-corrected chi connectivity index (χ0v) is 8.38. The monoisotopic (exact) mass is 222 g/mol. The number of rotatable bonds is 2. The van der Waals surface area contributed by atoms with Gasteiger partial charge in [-0.05, 0) is 12.8 Å². The molecule has 9 heavy (non-hydrogen) atoms. The number of thiocarbonyl (C=S) groups is 1. The van der Waals surface area contributed by atoms with E-state index in [1.54, 1.807) is 0 Å². The van der Waals surface area contributed by atoms with E-state index in [0.29, 0.717) is 17.0 Å². The van der Waals surface area contributed by atoms with Gasteiger partial charge in [-0.15, -0.1) is 12.6 Å². The smallest absolute Gasteiger partial charge is 0.136 e. The SMILES string of the molecule is S=C(S)CCC(Cl)(Cl)Cl. The lowest BCUT2D eigenvalue weighted by Crippen LogP contribution is -2.02. The molecule has 0 aromatic heterocycles. The summed E-state index contributed by atoms with van der Waals surface area (Å²) in [5.41, 5.74) is 0. The second-order valence-electron chi connectivity index (χ2n) is 1.51. The first-order valence-electron chi connectivity index (χ1n) is 2.20. The Bertz CT molecular complexity index is 107. The van der Waals surface area contributed by atoms with Gasteiger partial charge in [-0.3, -0.25) is 0 Å². The van der Waals surface area contributed by atoms with E-state index in [-0.39, 0.29) is 0 Å². The maximum Gasteiger partial charge on any atom is 0.191 e. The van der Waals surface area contributed by atoms with Gasteiger partial charge in [-0.1, -0.05) is 47.0 Å². The van der Waals surface area contributed by atoms with E-state index in [2.05, 4.69) is 24.8 Å². The van der Waals surface area contributed by atoms with Crippen molar-refractivity contribution in [1.82, 2.24) is 0 Å². The fraction of sp³-hybridized carbons (Fsp3) is 0.750. The van der Waals surface area contributed by atoms with Gasteiger partial charge in [-0.2, -0.15) is 0 Å². The number of hydrogen-bond donors (Lipinski definition) is 1. The summed E-state index contributed by atoms with van der Waals surface area (Å²) in [6, 6.07) is 0. The van der Waals surface area contributed by atoms with E-state index in [0.717, 1.165) is 0 Å². The Morgan fingerprint density at radius 1 is 1.44 bits per heavy atom. The molecule has 0 amide bonds. The van der Waals surface area contributed by atoms with Crippen LogP contribution in [0, 0.1) is 0 Å². The highest BCUT2D eigenvalue weighted by atomic mass is 35.6. The van der Waals surface area contributed by atoms with Gasteiger partial charge in [-0.25, -0.2) is 0 Å². The third-order valence-corrected chi connectivity index (χ3v) is 1.62. The molecule has 5 heteroatoms. The molecule has 0 aromatic rings. The molecule has 0 saturated heterocycles. The molecule has 0 unspecified atom stereocenters. The van der Waals surface area contributed by atoms with E-state index < -0.39 is 3.79 Å². The highest BCUT2D eigenvalue weighted by Gasteiger charge is 2.18. The average Bonchev–Trinajstić information content (AvgIpc) is 1.59.